The van der Waals surface area contributed by atoms with Gasteiger partial charge in [0.25, 0.3) is 0 Å². The average molecular weight is 1010 g/mol. The van der Waals surface area contributed by atoms with E-state index in [0.29, 0.717) is 24.9 Å². The number of anilines is 1. The van der Waals surface area contributed by atoms with E-state index in [9.17, 15) is 49.2 Å². The van der Waals surface area contributed by atoms with Crippen molar-refractivity contribution in [2.75, 3.05) is 44.9 Å². The zero-order chi connectivity index (χ0) is 49.4. The van der Waals surface area contributed by atoms with Gasteiger partial charge < -0.3 is 59.9 Å². The van der Waals surface area contributed by atoms with Crippen LogP contribution in [-0.4, -0.2) is 113 Å². The molecule has 3 aromatic rings. The van der Waals surface area contributed by atoms with E-state index < -0.39 is 58.4 Å². The highest BCUT2D eigenvalue weighted by Crippen LogP contribution is 2.24. The first-order chi connectivity index (χ1) is 30.4. The van der Waals surface area contributed by atoms with Gasteiger partial charge in [-0.15, -0.1) is 0 Å². The third kappa shape index (κ3) is 29.4. The van der Waals surface area contributed by atoms with Gasteiger partial charge in [0.1, 0.15) is 68.1 Å². The number of aliphatic hydroxyl groups excluding tert-OH is 2. The Morgan fingerprint density at radius 3 is 1.38 bits per heavy atom. The van der Waals surface area contributed by atoms with Gasteiger partial charge in [0.05, 0.1) is 28.4 Å². The van der Waals surface area contributed by atoms with Gasteiger partial charge in [-0.05, 0) is 109 Å². The van der Waals surface area contributed by atoms with E-state index in [1.807, 2.05) is 34.6 Å². The molecule has 0 saturated heterocycles. The van der Waals surface area contributed by atoms with Crippen LogP contribution in [0.4, 0.5) is 10.5 Å². The number of phenolic OH excluding ortho intramolecular Hbond substituents is 3. The van der Waals surface area contributed by atoms with Gasteiger partial charge in [0.2, 0.25) is 0 Å². The summed E-state index contributed by atoms with van der Waals surface area (Å²) in [6.07, 6.45) is -0.275. The zero-order valence-corrected chi connectivity index (χ0v) is 38.7. The minimum Gasteiger partial charge on any atom is -0.508 e. The van der Waals surface area contributed by atoms with Gasteiger partial charge in [-0.3, -0.25) is 14.4 Å². The van der Waals surface area contributed by atoms with Gasteiger partial charge in [-0.2, -0.15) is 0 Å². The molecule has 0 saturated carbocycles. The Hall–Kier alpha value is -6.40. The maximum atomic E-state index is 11.7. The number of phenols is 3. The molecule has 0 aromatic heterocycles. The van der Waals surface area contributed by atoms with Crippen molar-refractivity contribution in [1.82, 2.24) is 5.32 Å². The fraction of sp³-hybridized carbons (Fsp3) is 0.547. The predicted molar refractivity (Wildman–Crippen MR) is 279 cm³/mol. The predicted octanol–water partition coefficient (Wildman–Crippen LogP) is 10.1. The lowest BCUT2D eigenvalue weighted by Gasteiger charge is -2.21. The number of aromatic hydroxyl groups is 3. The Morgan fingerprint density at radius 2 is 0.944 bits per heavy atom. The maximum absolute atomic E-state index is 11.7. The Morgan fingerprint density at radius 1 is 0.521 bits per heavy atom. The van der Waals surface area contributed by atoms with Crippen LogP contribution in [0, 0.1) is 16.2 Å². The third-order valence-corrected chi connectivity index (χ3v) is 9.89. The zero-order valence-electron chi connectivity index (χ0n) is 38.7. The largest absolute Gasteiger partial charge is 0.508 e. The Kier molecular flexibility index (Phi) is 40.1. The van der Waals surface area contributed by atoms with E-state index in [4.69, 9.17) is 28.8 Å². The SMILES string of the molecule is C.C.C.C.C.C.CCC(C)(C)C(=O)OCC(O)COC(=O)c1ccc(O)cc1.CCC(C)(C)C(=O)OCC(O)COC(=O)c1ccccc1O.CCC(C)(C)C(=O)OCCNC(=O)Nc1cccc(O)c1. The first-order valence-electron chi connectivity index (χ1n) is 21.0. The molecule has 3 aromatic carbocycles. The topological polar surface area (TPSA) is 274 Å². The van der Waals surface area contributed by atoms with Crippen LogP contribution in [0.1, 0.15) is 147 Å². The molecule has 2 amide bonds. The molecule has 0 fully saturated rings. The van der Waals surface area contributed by atoms with Crippen molar-refractivity contribution in [3.8, 4) is 17.2 Å². The number of ether oxygens (including phenoxy) is 5. The van der Waals surface area contributed by atoms with Crippen molar-refractivity contribution in [2.24, 2.45) is 16.2 Å². The second-order valence-electron chi connectivity index (χ2n) is 16.5. The molecule has 408 valence electrons. The first-order valence-corrected chi connectivity index (χ1v) is 21.0. The molecule has 0 radical (unpaired) electrons. The molecule has 18 nitrogen and oxygen atoms in total. The summed E-state index contributed by atoms with van der Waals surface area (Å²) >= 11 is 0. The third-order valence-electron chi connectivity index (χ3n) is 9.89. The van der Waals surface area contributed by atoms with E-state index in [0.717, 1.165) is 0 Å². The normalized spacial score (nSPS) is 11.0. The monoisotopic (exact) mass is 1010 g/mol. The van der Waals surface area contributed by atoms with Gasteiger partial charge >= 0.3 is 35.9 Å². The van der Waals surface area contributed by atoms with Gasteiger partial charge in [-0.25, -0.2) is 14.4 Å². The number of para-hydroxylation sites is 1. The van der Waals surface area contributed by atoms with Crippen LogP contribution >= 0.6 is 0 Å². The number of benzene rings is 3. The number of carbonyl (C=O) groups is 6. The van der Waals surface area contributed by atoms with Crippen LogP contribution in [0.3, 0.4) is 0 Å². The quantitative estimate of drug-likeness (QED) is 0.0315. The molecule has 0 spiro atoms. The van der Waals surface area contributed by atoms with Gasteiger partial charge in [-0.1, -0.05) is 83.5 Å². The summed E-state index contributed by atoms with van der Waals surface area (Å²) in [5, 5.41) is 52.4. The highest BCUT2D eigenvalue weighted by atomic mass is 16.6. The van der Waals surface area contributed by atoms with Crippen molar-refractivity contribution in [3.05, 3.63) is 83.9 Å². The van der Waals surface area contributed by atoms with E-state index >= 15 is 0 Å². The number of hydrogen-bond donors (Lipinski definition) is 7. The Labute approximate surface area is 424 Å². The van der Waals surface area contributed by atoms with Crippen molar-refractivity contribution >= 4 is 41.6 Å². The number of amides is 2. The van der Waals surface area contributed by atoms with E-state index in [-0.39, 0.29) is 118 Å². The summed E-state index contributed by atoms with van der Waals surface area (Å²) in [5.41, 5.74) is -0.983. The number of urea groups is 1. The molecule has 0 aliphatic heterocycles. The molecule has 71 heavy (non-hydrogen) atoms. The molecule has 18 heteroatoms. The summed E-state index contributed by atoms with van der Waals surface area (Å²) in [7, 11) is 0. The maximum Gasteiger partial charge on any atom is 0.342 e. The first kappa shape index (κ1) is 76.1. The van der Waals surface area contributed by atoms with E-state index in [1.165, 1.54) is 48.5 Å². The fourth-order valence-electron chi connectivity index (χ4n) is 4.27. The highest BCUT2D eigenvalue weighted by molar-refractivity contribution is 5.92. The smallest absolute Gasteiger partial charge is 0.342 e. The van der Waals surface area contributed by atoms with Crippen LogP contribution in [-0.2, 0) is 38.1 Å². The minimum absolute atomic E-state index is 0. The van der Waals surface area contributed by atoms with Crippen LogP contribution in [0.15, 0.2) is 72.8 Å². The highest BCUT2D eigenvalue weighted by Gasteiger charge is 2.29. The number of hydrogen-bond acceptors (Lipinski definition) is 16. The molecule has 0 heterocycles. The van der Waals surface area contributed by atoms with Crippen LogP contribution in [0.25, 0.3) is 0 Å². The lowest BCUT2D eigenvalue weighted by molar-refractivity contribution is -0.158. The van der Waals surface area contributed by atoms with Gasteiger partial charge in [0.15, 0.2) is 0 Å². The number of esters is 5. The Bertz CT molecular complexity index is 1980. The van der Waals surface area contributed by atoms with Crippen molar-refractivity contribution in [1.29, 1.82) is 0 Å². The van der Waals surface area contributed by atoms with Crippen LogP contribution in [0.2, 0.25) is 0 Å². The van der Waals surface area contributed by atoms with Crippen LogP contribution in [0.5, 0.6) is 17.2 Å². The summed E-state index contributed by atoms with van der Waals surface area (Å²) in [4.78, 5) is 70.1. The molecular weight excluding hydrogens is 921 g/mol. The van der Waals surface area contributed by atoms with E-state index in [1.54, 1.807) is 52.0 Å². The number of aliphatic hydroxyl groups is 2. The number of nitrogens with one attached hydrogen (secondary N) is 2. The lowest BCUT2D eigenvalue weighted by Crippen LogP contribution is -2.34. The van der Waals surface area contributed by atoms with Crippen molar-refractivity contribution < 1.29 is 78.0 Å². The second-order valence-corrected chi connectivity index (χ2v) is 16.5. The standard InChI is InChI=1S/2C16H22O6.C15H22N2O4.6CH4/c1-4-16(2,3)15(20)22-10-13(18)9-21-14(19)11-5-7-12(17)8-6-11;1-4-16(2,3)15(20)22-10-11(17)9-21-14(19)12-7-5-6-8-13(12)18;1-4-15(2,3)13(19)21-9-8-16-14(20)17-11-6-5-7-12(18)10-11;;;;;;/h5-8,13,17-18H,4,9-10H2,1-3H3;5-8,11,17-18H,4,9-10H2,1-3H3;5-7,10,18H,4,8-9H2,1-3H3,(H2,16,17,20);6*1H4. The van der Waals surface area contributed by atoms with Crippen LogP contribution < -0.4 is 10.6 Å². The lowest BCUT2D eigenvalue weighted by atomic mass is 9.91. The fourth-order valence-corrected chi connectivity index (χ4v) is 4.27. The van der Waals surface area contributed by atoms with Gasteiger partial charge in [0, 0.05) is 11.8 Å². The number of carbonyl (C=O) groups excluding carboxylic acids is 6. The Balaban J connectivity index is -0.000000214. The molecule has 0 aliphatic carbocycles. The second kappa shape index (κ2) is 37.4. The minimum atomic E-state index is -1.12. The summed E-state index contributed by atoms with van der Waals surface area (Å²) in [6, 6.07) is 17.3. The molecule has 0 bridgehead atoms. The molecule has 0 aliphatic rings. The molecule has 2 atom stereocenters. The summed E-state index contributed by atoms with van der Waals surface area (Å²) in [6.45, 7) is 15.6. The van der Waals surface area contributed by atoms with E-state index in [2.05, 4.69) is 10.6 Å². The average Bonchev–Trinajstić information content (AvgIpc) is 3.27. The van der Waals surface area contributed by atoms with Crippen molar-refractivity contribution in [2.45, 2.75) is 138 Å². The molecule has 3 rings (SSSR count). The number of rotatable bonds is 20. The molecule has 7 N–H and O–H groups in total. The summed E-state index contributed by atoms with van der Waals surface area (Å²) < 4.78 is 24.9. The summed E-state index contributed by atoms with van der Waals surface area (Å²) in [5.74, 6) is -2.56. The molecule has 2 unspecified atom stereocenters. The molecular formula is C53H90N2O16. The van der Waals surface area contributed by atoms with Crippen molar-refractivity contribution in [3.63, 3.8) is 0 Å².